The number of allylic oxidation sites excluding steroid dienone is 1. The molecule has 0 heterocycles. The molecule has 0 aliphatic heterocycles. The van der Waals surface area contributed by atoms with Crippen molar-refractivity contribution in [2.75, 3.05) is 6.61 Å². The van der Waals surface area contributed by atoms with E-state index in [-0.39, 0.29) is 11.8 Å². The van der Waals surface area contributed by atoms with E-state index in [1.54, 1.807) is 19.9 Å². The average molecular weight is 234 g/mol. The Balaban J connectivity index is 2.42. The molecule has 0 aromatic heterocycles. The van der Waals surface area contributed by atoms with Crippen LogP contribution in [0.4, 0.5) is 4.39 Å². The molecule has 2 rings (SSSR count). The first kappa shape index (κ1) is 11.8. The number of ether oxygens (including phenoxy) is 1. The molecule has 3 heteroatoms. The van der Waals surface area contributed by atoms with Gasteiger partial charge < -0.3 is 4.74 Å². The van der Waals surface area contributed by atoms with Gasteiger partial charge in [0.1, 0.15) is 5.82 Å². The standard InChI is InChI=1S/C14H15FO2/c1-3-17-14(16)9(2)10-7-8-12-11(10)5-4-6-13(12)15/h4-6H,3,7-8H2,1-2H3/b10-9-. The third-order valence-corrected chi connectivity index (χ3v) is 3.10. The van der Waals surface area contributed by atoms with E-state index in [0.717, 1.165) is 11.1 Å². The number of rotatable bonds is 2. The van der Waals surface area contributed by atoms with Gasteiger partial charge in [-0.15, -0.1) is 0 Å². The largest absolute Gasteiger partial charge is 0.463 e. The van der Waals surface area contributed by atoms with Crippen LogP contribution in [-0.2, 0) is 16.0 Å². The predicted molar refractivity (Wildman–Crippen MR) is 63.9 cm³/mol. The van der Waals surface area contributed by atoms with Gasteiger partial charge in [-0.1, -0.05) is 12.1 Å². The second-order valence-electron chi connectivity index (χ2n) is 4.09. The quantitative estimate of drug-likeness (QED) is 0.580. The maximum atomic E-state index is 13.5. The molecule has 90 valence electrons. The van der Waals surface area contributed by atoms with Gasteiger partial charge in [0.25, 0.3) is 0 Å². The number of esters is 1. The Hall–Kier alpha value is -1.64. The number of hydrogen-bond acceptors (Lipinski definition) is 2. The van der Waals surface area contributed by atoms with Crippen LogP contribution in [0.2, 0.25) is 0 Å². The molecular weight excluding hydrogens is 219 g/mol. The van der Waals surface area contributed by atoms with Crippen molar-refractivity contribution in [2.45, 2.75) is 26.7 Å². The van der Waals surface area contributed by atoms with Crippen LogP contribution >= 0.6 is 0 Å². The Bertz CT molecular complexity index is 489. The second kappa shape index (κ2) is 4.70. The molecule has 0 bridgehead atoms. The van der Waals surface area contributed by atoms with Gasteiger partial charge in [-0.3, -0.25) is 0 Å². The molecule has 2 nitrogen and oxygen atoms in total. The van der Waals surface area contributed by atoms with E-state index in [1.165, 1.54) is 6.07 Å². The molecule has 0 saturated heterocycles. The highest BCUT2D eigenvalue weighted by Gasteiger charge is 2.23. The van der Waals surface area contributed by atoms with Crippen LogP contribution in [0, 0.1) is 5.82 Å². The van der Waals surface area contributed by atoms with Crippen molar-refractivity contribution < 1.29 is 13.9 Å². The Labute approximate surface area is 100 Å². The van der Waals surface area contributed by atoms with Gasteiger partial charge in [0.2, 0.25) is 0 Å². The lowest BCUT2D eigenvalue weighted by molar-refractivity contribution is -0.138. The number of carbonyl (C=O) groups is 1. The third kappa shape index (κ3) is 2.09. The Morgan fingerprint density at radius 1 is 1.41 bits per heavy atom. The minimum Gasteiger partial charge on any atom is -0.463 e. The zero-order valence-electron chi connectivity index (χ0n) is 10.0. The molecule has 0 saturated carbocycles. The summed E-state index contributed by atoms with van der Waals surface area (Å²) >= 11 is 0. The first-order valence-electron chi connectivity index (χ1n) is 5.79. The van der Waals surface area contributed by atoms with Crippen LogP contribution in [0.15, 0.2) is 23.8 Å². The molecule has 0 amide bonds. The van der Waals surface area contributed by atoms with Crippen LogP contribution in [0.25, 0.3) is 5.57 Å². The zero-order valence-corrected chi connectivity index (χ0v) is 10.0. The van der Waals surface area contributed by atoms with Crippen molar-refractivity contribution in [3.63, 3.8) is 0 Å². The SMILES string of the molecule is CCOC(=O)/C(C)=C1/CCc2c(F)cccc21. The fourth-order valence-electron chi connectivity index (χ4n) is 2.23. The summed E-state index contributed by atoms with van der Waals surface area (Å²) in [4.78, 5) is 11.7. The van der Waals surface area contributed by atoms with Crippen molar-refractivity contribution in [1.29, 1.82) is 0 Å². The molecule has 0 N–H and O–H groups in total. The van der Waals surface area contributed by atoms with Crippen molar-refractivity contribution in [2.24, 2.45) is 0 Å². The Morgan fingerprint density at radius 2 is 2.18 bits per heavy atom. The van der Waals surface area contributed by atoms with E-state index in [0.29, 0.717) is 30.6 Å². The highest BCUT2D eigenvalue weighted by molar-refractivity contribution is 5.98. The van der Waals surface area contributed by atoms with E-state index in [4.69, 9.17) is 4.74 Å². The minimum atomic E-state index is -0.306. The molecular formula is C14H15FO2. The third-order valence-electron chi connectivity index (χ3n) is 3.10. The smallest absolute Gasteiger partial charge is 0.333 e. The summed E-state index contributed by atoms with van der Waals surface area (Å²) in [7, 11) is 0. The van der Waals surface area contributed by atoms with Gasteiger partial charge in [-0.25, -0.2) is 9.18 Å². The normalized spacial score (nSPS) is 16.6. The van der Waals surface area contributed by atoms with Gasteiger partial charge in [0.05, 0.1) is 6.61 Å². The molecule has 0 fully saturated rings. The number of halogens is 1. The topological polar surface area (TPSA) is 26.3 Å². The van der Waals surface area contributed by atoms with E-state index in [1.807, 2.05) is 6.07 Å². The highest BCUT2D eigenvalue weighted by Crippen LogP contribution is 2.35. The fourth-order valence-corrected chi connectivity index (χ4v) is 2.23. The molecule has 0 spiro atoms. The molecule has 17 heavy (non-hydrogen) atoms. The summed E-state index contributed by atoms with van der Waals surface area (Å²) in [6, 6.07) is 5.00. The molecule has 1 aromatic rings. The van der Waals surface area contributed by atoms with Crippen LogP contribution in [-0.4, -0.2) is 12.6 Å². The number of hydrogen-bond donors (Lipinski definition) is 0. The fraction of sp³-hybridized carbons (Fsp3) is 0.357. The monoisotopic (exact) mass is 234 g/mol. The zero-order chi connectivity index (χ0) is 12.4. The van der Waals surface area contributed by atoms with E-state index >= 15 is 0 Å². The lowest BCUT2D eigenvalue weighted by Crippen LogP contribution is -2.06. The minimum absolute atomic E-state index is 0.186. The molecule has 1 aromatic carbocycles. The molecule has 1 aliphatic carbocycles. The summed E-state index contributed by atoms with van der Waals surface area (Å²) in [6.07, 6.45) is 1.37. The second-order valence-corrected chi connectivity index (χ2v) is 4.09. The van der Waals surface area contributed by atoms with Crippen LogP contribution in [0.1, 0.15) is 31.4 Å². The lowest BCUT2D eigenvalue weighted by atomic mass is 10.0. The van der Waals surface area contributed by atoms with Crippen molar-refractivity contribution in [1.82, 2.24) is 0 Å². The molecule has 0 radical (unpaired) electrons. The van der Waals surface area contributed by atoms with Gasteiger partial charge in [-0.05, 0) is 49.5 Å². The maximum absolute atomic E-state index is 13.5. The van der Waals surface area contributed by atoms with Crippen molar-refractivity contribution in [3.05, 3.63) is 40.7 Å². The summed E-state index contributed by atoms with van der Waals surface area (Å²) < 4.78 is 18.5. The van der Waals surface area contributed by atoms with Gasteiger partial charge in [0.15, 0.2) is 0 Å². The van der Waals surface area contributed by atoms with Gasteiger partial charge >= 0.3 is 5.97 Å². The molecule has 0 atom stereocenters. The molecule has 1 aliphatic rings. The van der Waals surface area contributed by atoms with E-state index in [2.05, 4.69) is 0 Å². The van der Waals surface area contributed by atoms with Crippen molar-refractivity contribution in [3.8, 4) is 0 Å². The summed E-state index contributed by atoms with van der Waals surface area (Å²) in [5, 5.41) is 0. The first-order valence-corrected chi connectivity index (χ1v) is 5.79. The summed E-state index contributed by atoms with van der Waals surface area (Å²) in [5.41, 5.74) is 3.08. The Morgan fingerprint density at radius 3 is 2.88 bits per heavy atom. The average Bonchev–Trinajstić information content (AvgIpc) is 2.73. The van der Waals surface area contributed by atoms with Gasteiger partial charge in [0, 0.05) is 5.57 Å². The first-order chi connectivity index (χ1) is 8.15. The van der Waals surface area contributed by atoms with Crippen molar-refractivity contribution >= 4 is 11.5 Å². The lowest BCUT2D eigenvalue weighted by Gasteiger charge is -2.07. The highest BCUT2D eigenvalue weighted by atomic mass is 19.1. The predicted octanol–water partition coefficient (Wildman–Crippen LogP) is 3.11. The number of carbonyl (C=O) groups excluding carboxylic acids is 1. The number of fused-ring (bicyclic) bond motifs is 1. The van der Waals surface area contributed by atoms with Crippen LogP contribution in [0.5, 0.6) is 0 Å². The number of benzene rings is 1. The molecule has 0 unspecified atom stereocenters. The maximum Gasteiger partial charge on any atom is 0.333 e. The summed E-state index contributed by atoms with van der Waals surface area (Å²) in [5.74, 6) is -0.492. The van der Waals surface area contributed by atoms with Crippen LogP contribution < -0.4 is 0 Å². The Kier molecular flexibility index (Phi) is 3.27. The van der Waals surface area contributed by atoms with Gasteiger partial charge in [-0.2, -0.15) is 0 Å². The van der Waals surface area contributed by atoms with E-state index in [9.17, 15) is 9.18 Å². The van der Waals surface area contributed by atoms with E-state index < -0.39 is 0 Å². The van der Waals surface area contributed by atoms with Crippen LogP contribution in [0.3, 0.4) is 0 Å². The summed E-state index contributed by atoms with van der Waals surface area (Å²) in [6.45, 7) is 3.88.